The topological polar surface area (TPSA) is 65.1 Å². The van der Waals surface area contributed by atoms with Crippen molar-refractivity contribution >= 4 is 11.9 Å². The van der Waals surface area contributed by atoms with Crippen LogP contribution in [0, 0.1) is 5.92 Å². The van der Waals surface area contributed by atoms with Crippen LogP contribution in [0.25, 0.3) is 0 Å². The maximum absolute atomic E-state index is 12.5. The molecule has 2 aromatic rings. The van der Waals surface area contributed by atoms with E-state index in [0.29, 0.717) is 43.2 Å². The van der Waals surface area contributed by atoms with Crippen molar-refractivity contribution in [2.75, 3.05) is 27.3 Å². The molecule has 0 aromatic heterocycles. The molecule has 0 N–H and O–H groups in total. The lowest BCUT2D eigenvalue weighted by Crippen LogP contribution is -2.28. The van der Waals surface area contributed by atoms with Crippen molar-refractivity contribution in [1.82, 2.24) is 4.90 Å². The minimum Gasteiger partial charge on any atom is -0.493 e. The second-order valence-corrected chi connectivity index (χ2v) is 7.24. The van der Waals surface area contributed by atoms with E-state index >= 15 is 0 Å². The highest BCUT2D eigenvalue weighted by atomic mass is 16.5. The van der Waals surface area contributed by atoms with E-state index in [1.807, 2.05) is 42.5 Å². The van der Waals surface area contributed by atoms with E-state index in [-0.39, 0.29) is 17.8 Å². The van der Waals surface area contributed by atoms with E-state index in [2.05, 4.69) is 0 Å². The third kappa shape index (κ3) is 4.88. The molecule has 0 spiro atoms. The SMILES string of the molecule is COC(=O)N1CCC(Cc2ccc(OC)c(OCc3ccccc3)c2C(C)=O)C1. The van der Waals surface area contributed by atoms with Gasteiger partial charge < -0.3 is 19.1 Å². The maximum atomic E-state index is 12.5. The molecule has 1 aliphatic rings. The summed E-state index contributed by atoms with van der Waals surface area (Å²) in [5, 5.41) is 0. The van der Waals surface area contributed by atoms with Crippen molar-refractivity contribution in [3.8, 4) is 11.5 Å². The zero-order valence-electron chi connectivity index (χ0n) is 17.1. The molecule has 0 radical (unpaired) electrons. The van der Waals surface area contributed by atoms with Crippen LogP contribution in [-0.4, -0.2) is 44.1 Å². The summed E-state index contributed by atoms with van der Waals surface area (Å²) in [6.45, 7) is 3.18. The van der Waals surface area contributed by atoms with Gasteiger partial charge in [-0.15, -0.1) is 0 Å². The Bertz CT molecular complexity index is 865. The smallest absolute Gasteiger partial charge is 0.409 e. The van der Waals surface area contributed by atoms with Crippen molar-refractivity contribution in [2.24, 2.45) is 5.92 Å². The monoisotopic (exact) mass is 397 g/mol. The molecule has 1 fully saturated rings. The summed E-state index contributed by atoms with van der Waals surface area (Å²) in [6.07, 6.45) is 1.26. The molecule has 0 aliphatic carbocycles. The molecule has 0 bridgehead atoms. The zero-order chi connectivity index (χ0) is 20.8. The van der Waals surface area contributed by atoms with Crippen molar-refractivity contribution in [2.45, 2.75) is 26.4 Å². The summed E-state index contributed by atoms with van der Waals surface area (Å²) in [4.78, 5) is 26.0. The van der Waals surface area contributed by atoms with Crippen molar-refractivity contribution in [3.63, 3.8) is 0 Å². The third-order valence-electron chi connectivity index (χ3n) is 5.23. The predicted molar refractivity (Wildman–Crippen MR) is 110 cm³/mol. The van der Waals surface area contributed by atoms with Crippen LogP contribution in [0.1, 0.15) is 34.8 Å². The molecule has 6 nitrogen and oxygen atoms in total. The van der Waals surface area contributed by atoms with Crippen LogP contribution in [0.5, 0.6) is 11.5 Å². The van der Waals surface area contributed by atoms with Gasteiger partial charge in [-0.1, -0.05) is 36.4 Å². The highest BCUT2D eigenvalue weighted by Crippen LogP contribution is 2.36. The van der Waals surface area contributed by atoms with Crippen LogP contribution in [0.15, 0.2) is 42.5 Å². The Morgan fingerprint density at radius 1 is 1.10 bits per heavy atom. The van der Waals surface area contributed by atoms with Crippen molar-refractivity contribution < 1.29 is 23.8 Å². The Hall–Kier alpha value is -3.02. The summed E-state index contributed by atoms with van der Waals surface area (Å²) in [5.74, 6) is 1.22. The van der Waals surface area contributed by atoms with E-state index in [1.165, 1.54) is 7.11 Å². The van der Waals surface area contributed by atoms with E-state index < -0.39 is 0 Å². The Balaban J connectivity index is 1.84. The normalized spacial score (nSPS) is 15.8. The first-order valence-corrected chi connectivity index (χ1v) is 9.74. The number of ether oxygens (including phenoxy) is 3. The molecule has 1 aliphatic heterocycles. The Morgan fingerprint density at radius 3 is 2.52 bits per heavy atom. The molecule has 6 heteroatoms. The van der Waals surface area contributed by atoms with Gasteiger partial charge in [0.05, 0.1) is 19.8 Å². The molecule has 1 amide bonds. The number of Topliss-reactive ketones (excluding diaryl/α,β-unsaturated/α-hetero) is 1. The molecule has 1 unspecified atom stereocenters. The average molecular weight is 397 g/mol. The predicted octanol–water partition coefficient (Wildman–Crippen LogP) is 4.11. The van der Waals surface area contributed by atoms with Gasteiger partial charge in [-0.05, 0) is 42.9 Å². The molecule has 1 saturated heterocycles. The van der Waals surface area contributed by atoms with Gasteiger partial charge in [-0.25, -0.2) is 4.79 Å². The maximum Gasteiger partial charge on any atom is 0.409 e. The Kier molecular flexibility index (Phi) is 6.75. The largest absolute Gasteiger partial charge is 0.493 e. The number of likely N-dealkylation sites (tertiary alicyclic amines) is 1. The molecule has 154 valence electrons. The number of hydrogen-bond acceptors (Lipinski definition) is 5. The second kappa shape index (κ2) is 9.45. The molecular weight excluding hydrogens is 370 g/mol. The number of carbonyl (C=O) groups is 2. The Morgan fingerprint density at radius 2 is 1.86 bits per heavy atom. The summed E-state index contributed by atoms with van der Waals surface area (Å²) in [7, 11) is 2.96. The third-order valence-corrected chi connectivity index (χ3v) is 5.23. The summed E-state index contributed by atoms with van der Waals surface area (Å²) >= 11 is 0. The van der Waals surface area contributed by atoms with Gasteiger partial charge in [-0.2, -0.15) is 0 Å². The number of carbonyl (C=O) groups excluding carboxylic acids is 2. The van der Waals surface area contributed by atoms with Gasteiger partial charge in [0.25, 0.3) is 0 Å². The number of ketones is 1. The zero-order valence-corrected chi connectivity index (χ0v) is 17.1. The number of amides is 1. The molecule has 1 heterocycles. The highest BCUT2D eigenvalue weighted by Gasteiger charge is 2.29. The molecule has 3 rings (SSSR count). The van der Waals surface area contributed by atoms with Crippen molar-refractivity contribution in [1.29, 1.82) is 0 Å². The first-order chi connectivity index (χ1) is 14.0. The fraction of sp³-hybridized carbons (Fsp3) is 0.391. The molecular formula is C23H27NO5. The first-order valence-electron chi connectivity index (χ1n) is 9.74. The molecule has 2 aromatic carbocycles. The van der Waals surface area contributed by atoms with Crippen LogP contribution >= 0.6 is 0 Å². The van der Waals surface area contributed by atoms with Gasteiger partial charge in [0.1, 0.15) is 6.61 Å². The summed E-state index contributed by atoms with van der Waals surface area (Å²) in [5.41, 5.74) is 2.48. The summed E-state index contributed by atoms with van der Waals surface area (Å²) in [6, 6.07) is 13.6. The lowest BCUT2D eigenvalue weighted by atomic mass is 9.92. The highest BCUT2D eigenvalue weighted by molar-refractivity contribution is 5.99. The number of rotatable bonds is 7. The standard InChI is InChI=1S/C23H27NO5/c1-16(25)21-19(13-18-11-12-24(14-18)23(26)28-3)9-10-20(27-2)22(21)29-15-17-7-5-4-6-8-17/h4-10,18H,11-15H2,1-3H3. The van der Waals surface area contributed by atoms with Gasteiger partial charge in [0.15, 0.2) is 17.3 Å². The molecule has 0 saturated carbocycles. The quantitative estimate of drug-likeness (QED) is 0.658. The van der Waals surface area contributed by atoms with E-state index in [9.17, 15) is 9.59 Å². The minimum atomic E-state index is -0.305. The van der Waals surface area contributed by atoms with Crippen LogP contribution in [0.3, 0.4) is 0 Å². The second-order valence-electron chi connectivity index (χ2n) is 7.24. The van der Waals surface area contributed by atoms with E-state index in [4.69, 9.17) is 14.2 Å². The number of methoxy groups -OCH3 is 2. The van der Waals surface area contributed by atoms with E-state index in [1.54, 1.807) is 18.9 Å². The van der Waals surface area contributed by atoms with Crippen LogP contribution in [0.4, 0.5) is 4.79 Å². The van der Waals surface area contributed by atoms with Crippen LogP contribution in [0.2, 0.25) is 0 Å². The number of benzene rings is 2. The molecule has 29 heavy (non-hydrogen) atoms. The van der Waals surface area contributed by atoms with Gasteiger partial charge in [-0.3, -0.25) is 4.79 Å². The van der Waals surface area contributed by atoms with Crippen LogP contribution in [-0.2, 0) is 17.8 Å². The number of hydrogen-bond donors (Lipinski definition) is 0. The average Bonchev–Trinajstić information content (AvgIpc) is 3.20. The minimum absolute atomic E-state index is 0.0650. The van der Waals surface area contributed by atoms with E-state index in [0.717, 1.165) is 17.5 Å². The fourth-order valence-electron chi connectivity index (χ4n) is 3.80. The fourth-order valence-corrected chi connectivity index (χ4v) is 3.80. The lowest BCUT2D eigenvalue weighted by molar-refractivity contribution is 0.101. The van der Waals surface area contributed by atoms with Crippen molar-refractivity contribution in [3.05, 3.63) is 59.2 Å². The Labute approximate surface area is 171 Å². The van der Waals surface area contributed by atoms with Crippen LogP contribution < -0.4 is 9.47 Å². The van der Waals surface area contributed by atoms with Gasteiger partial charge in [0, 0.05) is 13.1 Å². The van der Waals surface area contributed by atoms with Gasteiger partial charge >= 0.3 is 6.09 Å². The molecule has 1 atom stereocenters. The van der Waals surface area contributed by atoms with Gasteiger partial charge in [0.2, 0.25) is 0 Å². The first kappa shape index (κ1) is 20.7. The lowest BCUT2D eigenvalue weighted by Gasteiger charge is -2.19. The summed E-state index contributed by atoms with van der Waals surface area (Å²) < 4.78 is 16.3. The number of nitrogens with zero attached hydrogens (tertiary/aromatic N) is 1.